The summed E-state index contributed by atoms with van der Waals surface area (Å²) < 4.78 is 0. The zero-order chi connectivity index (χ0) is 33.8. The van der Waals surface area contributed by atoms with Crippen molar-refractivity contribution in [3.8, 4) is 17.2 Å². The fraction of sp³-hybridized carbons (Fsp3) is 0.406. The Morgan fingerprint density at radius 2 is 0.932 bits per heavy atom. The van der Waals surface area contributed by atoms with Gasteiger partial charge in [0, 0.05) is 41.5 Å². The van der Waals surface area contributed by atoms with E-state index in [1.807, 2.05) is 0 Å². The number of hydrogen-bond donors (Lipinski definition) is 7. The van der Waals surface area contributed by atoms with Gasteiger partial charge in [-0.3, -0.25) is 24.0 Å². The third kappa shape index (κ3) is 5.03. The van der Waals surface area contributed by atoms with E-state index in [1.165, 1.54) is 27.7 Å². The lowest BCUT2D eigenvalue weighted by Crippen LogP contribution is -2.33. The third-order valence-corrected chi connectivity index (χ3v) is 8.20. The highest BCUT2D eigenvalue weighted by molar-refractivity contribution is 6.27. The van der Waals surface area contributed by atoms with Gasteiger partial charge in [-0.25, -0.2) is 0 Å². The molecule has 2 aliphatic rings. The molecule has 0 aliphatic heterocycles. The lowest BCUT2D eigenvalue weighted by Gasteiger charge is -2.32. The molecule has 0 atom stereocenters. The van der Waals surface area contributed by atoms with E-state index in [4.69, 9.17) is 0 Å². The molecule has 1 aromatic carbocycles. The molecule has 12 nitrogen and oxygen atoms in total. The number of aliphatic hydroxyl groups excluding tert-OH is 4. The second-order valence-electron chi connectivity index (χ2n) is 12.0. The molecule has 0 unspecified atom stereocenters. The highest BCUT2D eigenvalue weighted by Gasteiger charge is 2.45. The van der Waals surface area contributed by atoms with Crippen LogP contribution in [0.4, 0.5) is 0 Å². The van der Waals surface area contributed by atoms with Crippen molar-refractivity contribution in [2.24, 2.45) is 10.8 Å². The first-order chi connectivity index (χ1) is 20.2. The number of rotatable bonds is 9. The van der Waals surface area contributed by atoms with E-state index >= 15 is 0 Å². The summed E-state index contributed by atoms with van der Waals surface area (Å²) in [7, 11) is 0. The van der Waals surface area contributed by atoms with E-state index in [0.717, 1.165) is 13.8 Å². The first kappa shape index (κ1) is 33.6. The molecule has 12 heteroatoms. The number of carbonyl (C=O) groups is 5. The number of phenols is 3. The molecule has 0 saturated heterocycles. The highest BCUT2D eigenvalue weighted by Crippen LogP contribution is 2.49. The van der Waals surface area contributed by atoms with Crippen LogP contribution in [0.2, 0.25) is 0 Å². The molecular formula is C32H36O12. The van der Waals surface area contributed by atoms with Crippen molar-refractivity contribution in [2.45, 2.75) is 74.1 Å². The van der Waals surface area contributed by atoms with Gasteiger partial charge in [0.25, 0.3) is 0 Å². The number of aromatic hydroxyl groups is 3. The van der Waals surface area contributed by atoms with E-state index in [2.05, 4.69) is 0 Å². The summed E-state index contributed by atoms with van der Waals surface area (Å²) in [5.41, 5.74) is -7.28. The van der Waals surface area contributed by atoms with E-state index in [0.29, 0.717) is 0 Å². The predicted molar refractivity (Wildman–Crippen MR) is 156 cm³/mol. The van der Waals surface area contributed by atoms with Crippen LogP contribution >= 0.6 is 0 Å². The monoisotopic (exact) mass is 612 g/mol. The minimum absolute atomic E-state index is 0.180. The summed E-state index contributed by atoms with van der Waals surface area (Å²) in [5, 5.41) is 76.9. The zero-order valence-electron chi connectivity index (χ0n) is 25.5. The number of allylic oxidation sites excluding steroid dienone is 4. The van der Waals surface area contributed by atoms with Gasteiger partial charge < -0.3 is 35.7 Å². The van der Waals surface area contributed by atoms with Crippen LogP contribution < -0.4 is 0 Å². The van der Waals surface area contributed by atoms with Crippen LogP contribution in [0, 0.1) is 10.8 Å². The topological polar surface area (TPSA) is 227 Å². The minimum Gasteiger partial charge on any atom is -0.511 e. The van der Waals surface area contributed by atoms with Gasteiger partial charge in [0.05, 0.1) is 10.8 Å². The fourth-order valence-electron chi connectivity index (χ4n) is 5.44. The Balaban J connectivity index is 2.35. The van der Waals surface area contributed by atoms with Crippen LogP contribution in [0.5, 0.6) is 17.2 Å². The van der Waals surface area contributed by atoms with Crippen LogP contribution in [0.3, 0.4) is 0 Å². The number of Topliss-reactive ketones (excluding diaryl/α,β-unsaturated/α-hetero) is 5. The van der Waals surface area contributed by atoms with Crippen molar-refractivity contribution >= 4 is 28.9 Å². The normalized spacial score (nSPS) is 18.3. The smallest absolute Gasteiger partial charge is 0.199 e. The van der Waals surface area contributed by atoms with Crippen LogP contribution in [0.25, 0.3) is 0 Å². The van der Waals surface area contributed by atoms with Crippen LogP contribution in [-0.2, 0) is 32.0 Å². The largest absolute Gasteiger partial charge is 0.511 e. The molecule has 0 saturated carbocycles. The van der Waals surface area contributed by atoms with E-state index in [1.54, 1.807) is 6.92 Å². The van der Waals surface area contributed by atoms with Gasteiger partial charge in [0.15, 0.2) is 28.9 Å². The average molecular weight is 613 g/mol. The highest BCUT2D eigenvalue weighted by atomic mass is 16.3. The zero-order valence-corrected chi connectivity index (χ0v) is 25.5. The molecular weight excluding hydrogens is 576 g/mol. The molecule has 2 aliphatic carbocycles. The summed E-state index contributed by atoms with van der Waals surface area (Å²) >= 11 is 0. The van der Waals surface area contributed by atoms with E-state index < -0.39 is 132 Å². The Morgan fingerprint density at radius 3 is 1.23 bits per heavy atom. The van der Waals surface area contributed by atoms with Gasteiger partial charge in [0.2, 0.25) is 0 Å². The minimum atomic E-state index is -1.63. The maximum absolute atomic E-state index is 13.3. The quantitative estimate of drug-likeness (QED) is 0.151. The maximum atomic E-state index is 13.3. The Kier molecular flexibility index (Phi) is 8.66. The first-order valence-corrected chi connectivity index (χ1v) is 13.8. The molecule has 0 spiro atoms. The number of benzene rings is 1. The summed E-state index contributed by atoms with van der Waals surface area (Å²) in [4.78, 5) is 64.2. The molecule has 44 heavy (non-hydrogen) atoms. The van der Waals surface area contributed by atoms with Crippen molar-refractivity contribution in [3.05, 3.63) is 62.0 Å². The first-order valence-electron chi connectivity index (χ1n) is 13.8. The number of hydrogen-bond acceptors (Lipinski definition) is 12. The van der Waals surface area contributed by atoms with E-state index in [-0.39, 0.29) is 12.8 Å². The van der Waals surface area contributed by atoms with Crippen molar-refractivity contribution in [2.75, 3.05) is 0 Å². The number of carbonyl (C=O) groups excluding carboxylic acids is 5. The molecule has 7 N–H and O–H groups in total. The third-order valence-electron chi connectivity index (χ3n) is 8.20. The summed E-state index contributed by atoms with van der Waals surface area (Å²) in [5.74, 6) is -10.2. The molecule has 0 heterocycles. The summed E-state index contributed by atoms with van der Waals surface area (Å²) in [6.45, 7) is 9.01. The second-order valence-corrected chi connectivity index (χ2v) is 12.0. The van der Waals surface area contributed by atoms with Crippen LogP contribution in [0.1, 0.15) is 82.8 Å². The van der Waals surface area contributed by atoms with Crippen LogP contribution in [-0.4, -0.2) is 64.7 Å². The number of ketones is 5. The van der Waals surface area contributed by atoms with Crippen molar-refractivity contribution in [3.63, 3.8) is 0 Å². The molecule has 236 valence electrons. The molecule has 0 bridgehead atoms. The standard InChI is InChI=1S/C32H36O12/c1-8-9-18(35)21-23(37)14(10-16-25(39)19(12(2)33)29(43)31(4,5)27(16)41)22(36)15(24(21)38)11-17-26(40)20(13(3)34)30(44)32(6,7)28(17)42/h36-38,41-44H,8-11H2,1-7H3. The molecule has 3 rings (SSSR count). The Morgan fingerprint density at radius 1 is 0.591 bits per heavy atom. The van der Waals surface area contributed by atoms with Gasteiger partial charge in [-0.2, -0.15) is 0 Å². The van der Waals surface area contributed by atoms with Crippen molar-refractivity contribution in [1.29, 1.82) is 0 Å². The number of phenolic OH excluding ortho intramolecular Hbond substituents is 3. The second kappa shape index (κ2) is 11.3. The Labute approximate surface area is 253 Å². The lowest BCUT2D eigenvalue weighted by atomic mass is 9.73. The average Bonchev–Trinajstić information content (AvgIpc) is 2.90. The van der Waals surface area contributed by atoms with Gasteiger partial charge in [-0.1, -0.05) is 6.92 Å². The maximum Gasteiger partial charge on any atom is 0.199 e. The molecule has 0 fully saturated rings. The van der Waals surface area contributed by atoms with Gasteiger partial charge in [-0.15, -0.1) is 0 Å². The number of aliphatic hydroxyl groups is 4. The summed E-state index contributed by atoms with van der Waals surface area (Å²) in [6.07, 6.45) is -1.49. The van der Waals surface area contributed by atoms with Gasteiger partial charge in [0.1, 0.15) is 57.0 Å². The fourth-order valence-corrected chi connectivity index (χ4v) is 5.44. The summed E-state index contributed by atoms with van der Waals surface area (Å²) in [6, 6.07) is 0. The van der Waals surface area contributed by atoms with Crippen LogP contribution in [0.15, 0.2) is 45.3 Å². The van der Waals surface area contributed by atoms with Crippen molar-refractivity contribution in [1.82, 2.24) is 0 Å². The van der Waals surface area contributed by atoms with Gasteiger partial charge >= 0.3 is 0 Å². The van der Waals surface area contributed by atoms with E-state index in [9.17, 15) is 59.7 Å². The molecule has 0 aromatic heterocycles. The Hall–Kier alpha value is -4.87. The molecule has 0 radical (unpaired) electrons. The SMILES string of the molecule is CCCC(=O)c1c(O)c(CC2=C(O)C(C)(C)C(O)=C(C(C)=O)C2=O)c(O)c(CC2=C(O)C(C)(C)C(O)=C(C(C)=O)C2=O)c1O. The molecule has 1 aromatic rings. The Bertz CT molecular complexity index is 1560. The van der Waals surface area contributed by atoms with Crippen molar-refractivity contribution < 1.29 is 59.7 Å². The molecule has 0 amide bonds. The predicted octanol–water partition coefficient (Wildman–Crippen LogP) is 4.52. The van der Waals surface area contributed by atoms with Gasteiger partial charge in [-0.05, 0) is 48.0 Å². The lowest BCUT2D eigenvalue weighted by molar-refractivity contribution is -0.121.